The highest BCUT2D eigenvalue weighted by Gasteiger charge is 2.24. The number of amides is 1. The van der Waals surface area contributed by atoms with Crippen molar-refractivity contribution in [2.75, 3.05) is 0 Å². The third-order valence-electron chi connectivity index (χ3n) is 5.83. The number of fused-ring (bicyclic) bond motifs is 1. The van der Waals surface area contributed by atoms with Gasteiger partial charge in [-0.3, -0.25) is 9.78 Å². The summed E-state index contributed by atoms with van der Waals surface area (Å²) in [6, 6.07) is 19.2. The zero-order valence-electron chi connectivity index (χ0n) is 18.7. The third kappa shape index (κ3) is 4.57. The Morgan fingerprint density at radius 3 is 2.71 bits per heavy atom. The van der Waals surface area contributed by atoms with Crippen molar-refractivity contribution in [2.24, 2.45) is 10.9 Å². The molecule has 2 aromatic carbocycles. The lowest BCUT2D eigenvalue weighted by atomic mass is 9.92. The maximum Gasteiger partial charge on any atom is 0.251 e. The summed E-state index contributed by atoms with van der Waals surface area (Å²) < 4.78 is 0. The lowest BCUT2D eigenvalue weighted by Crippen LogP contribution is -2.22. The number of hydrogen-bond donors (Lipinski definition) is 1. The van der Waals surface area contributed by atoms with Crippen LogP contribution in [0.2, 0.25) is 0 Å². The van der Waals surface area contributed by atoms with Crippen LogP contribution in [0.3, 0.4) is 0 Å². The van der Waals surface area contributed by atoms with Gasteiger partial charge in [0.25, 0.3) is 5.91 Å². The minimum Gasteiger partial charge on any atom is -0.348 e. The van der Waals surface area contributed by atoms with Gasteiger partial charge in [-0.1, -0.05) is 43.0 Å². The van der Waals surface area contributed by atoms with Crippen LogP contribution >= 0.6 is 11.8 Å². The van der Waals surface area contributed by atoms with Crippen LogP contribution < -0.4 is 5.32 Å². The molecule has 166 valence electrons. The highest BCUT2D eigenvalue weighted by molar-refractivity contribution is 8.03. The molecular weight excluding hydrogens is 440 g/mol. The van der Waals surface area contributed by atoms with Gasteiger partial charge in [-0.05, 0) is 65.3 Å². The van der Waals surface area contributed by atoms with Crippen molar-refractivity contribution in [3.8, 4) is 6.07 Å². The van der Waals surface area contributed by atoms with Crippen molar-refractivity contribution in [3.05, 3.63) is 112 Å². The van der Waals surface area contributed by atoms with E-state index in [0.717, 1.165) is 39.4 Å². The van der Waals surface area contributed by atoms with E-state index >= 15 is 0 Å². The summed E-state index contributed by atoms with van der Waals surface area (Å²) in [5.74, 6) is 0.309. The summed E-state index contributed by atoms with van der Waals surface area (Å²) in [7, 11) is 0. The monoisotopic (exact) mass is 462 g/mol. The summed E-state index contributed by atoms with van der Waals surface area (Å²) in [6.07, 6.45) is 8.74. The molecule has 34 heavy (non-hydrogen) atoms. The van der Waals surface area contributed by atoms with Crippen molar-refractivity contribution >= 4 is 29.1 Å². The number of nitriles is 1. The Labute approximate surface area is 203 Å². The highest BCUT2D eigenvalue weighted by Crippen LogP contribution is 2.45. The van der Waals surface area contributed by atoms with Crippen molar-refractivity contribution < 1.29 is 4.79 Å². The molecule has 1 atom stereocenters. The third-order valence-corrected chi connectivity index (χ3v) is 7.03. The number of aliphatic imine (C=N–C) groups is 1. The molecule has 0 fully saturated rings. The van der Waals surface area contributed by atoms with Crippen LogP contribution in [-0.4, -0.2) is 16.6 Å². The van der Waals surface area contributed by atoms with Crippen LogP contribution in [0.25, 0.3) is 0 Å². The van der Waals surface area contributed by atoms with Gasteiger partial charge in [-0.2, -0.15) is 5.26 Å². The smallest absolute Gasteiger partial charge is 0.251 e. The molecule has 1 unspecified atom stereocenters. The van der Waals surface area contributed by atoms with E-state index in [-0.39, 0.29) is 5.91 Å². The zero-order chi connectivity index (χ0) is 23.5. The molecule has 1 aromatic heterocycles. The van der Waals surface area contributed by atoms with E-state index in [1.165, 1.54) is 4.91 Å². The summed E-state index contributed by atoms with van der Waals surface area (Å²) in [5, 5.41) is 12.2. The summed E-state index contributed by atoms with van der Waals surface area (Å²) in [5.41, 5.74) is 5.87. The van der Waals surface area contributed by atoms with Gasteiger partial charge in [0.15, 0.2) is 0 Å². The second-order valence-electron chi connectivity index (χ2n) is 8.35. The van der Waals surface area contributed by atoms with Gasteiger partial charge >= 0.3 is 0 Å². The largest absolute Gasteiger partial charge is 0.348 e. The summed E-state index contributed by atoms with van der Waals surface area (Å²) >= 11 is 1.73. The first-order valence-corrected chi connectivity index (χ1v) is 11.9. The number of rotatable bonds is 4. The maximum absolute atomic E-state index is 12.9. The molecule has 1 aliphatic carbocycles. The molecule has 1 amide bonds. The normalized spacial score (nSPS) is 16.6. The number of thioether (sulfide) groups is 1. The fraction of sp³-hybridized carbons (Fsp3) is 0.143. The van der Waals surface area contributed by atoms with E-state index in [1.807, 2.05) is 54.6 Å². The molecule has 5 nitrogen and oxygen atoms in total. The predicted octanol–water partition coefficient (Wildman–Crippen LogP) is 5.96. The number of benzene rings is 2. The van der Waals surface area contributed by atoms with E-state index in [1.54, 1.807) is 24.2 Å². The molecule has 0 saturated heterocycles. The predicted molar refractivity (Wildman–Crippen MR) is 135 cm³/mol. The SMILES string of the molecule is CC1C=CC2=C(C1)Sc1ccc(C(=O)NCc3ccncc3)cc1N=C2c1ccc(C#N)cc1. The maximum atomic E-state index is 12.9. The second-order valence-corrected chi connectivity index (χ2v) is 9.49. The molecule has 2 aliphatic rings. The summed E-state index contributed by atoms with van der Waals surface area (Å²) in [6.45, 7) is 2.65. The first-order chi connectivity index (χ1) is 16.6. The average molecular weight is 463 g/mol. The Morgan fingerprint density at radius 2 is 1.94 bits per heavy atom. The fourth-order valence-corrected chi connectivity index (χ4v) is 5.22. The zero-order valence-corrected chi connectivity index (χ0v) is 19.5. The molecule has 0 radical (unpaired) electrons. The van der Waals surface area contributed by atoms with Crippen molar-refractivity contribution in [1.29, 1.82) is 5.26 Å². The van der Waals surface area contributed by atoms with Crippen LogP contribution in [0.1, 0.15) is 40.4 Å². The van der Waals surface area contributed by atoms with Crippen LogP contribution in [0.5, 0.6) is 0 Å². The number of carbonyl (C=O) groups is 1. The van der Waals surface area contributed by atoms with E-state index in [2.05, 4.69) is 35.4 Å². The molecular formula is C28H22N4OS. The quantitative estimate of drug-likeness (QED) is 0.519. The Bertz CT molecular complexity index is 1380. The molecule has 1 N–H and O–H groups in total. The topological polar surface area (TPSA) is 78.1 Å². The van der Waals surface area contributed by atoms with Crippen LogP contribution in [0.15, 0.2) is 99.5 Å². The molecule has 5 rings (SSSR count). The number of aromatic nitrogens is 1. The molecule has 0 bridgehead atoms. The highest BCUT2D eigenvalue weighted by atomic mass is 32.2. The lowest BCUT2D eigenvalue weighted by molar-refractivity contribution is 0.0951. The Morgan fingerprint density at radius 1 is 1.15 bits per heavy atom. The fourth-order valence-electron chi connectivity index (χ4n) is 3.98. The van der Waals surface area contributed by atoms with Gasteiger partial charge in [-0.15, -0.1) is 0 Å². The first-order valence-electron chi connectivity index (χ1n) is 11.1. The molecule has 0 saturated carbocycles. The van der Waals surface area contributed by atoms with Crippen molar-refractivity contribution in [1.82, 2.24) is 10.3 Å². The van der Waals surface area contributed by atoms with Crippen LogP contribution in [0, 0.1) is 17.2 Å². The molecule has 0 spiro atoms. The molecule has 3 aromatic rings. The molecule has 1 aliphatic heterocycles. The first kappa shape index (κ1) is 21.9. The lowest BCUT2D eigenvalue weighted by Gasteiger charge is -2.19. The number of carbonyl (C=O) groups excluding carboxylic acids is 1. The Kier molecular flexibility index (Phi) is 6.11. The Hall–Kier alpha value is -3.95. The van der Waals surface area contributed by atoms with E-state index in [0.29, 0.717) is 23.6 Å². The number of nitrogens with zero attached hydrogens (tertiary/aromatic N) is 3. The van der Waals surface area contributed by atoms with Crippen molar-refractivity contribution in [2.45, 2.75) is 24.8 Å². The van der Waals surface area contributed by atoms with Gasteiger partial charge in [0.1, 0.15) is 0 Å². The van der Waals surface area contributed by atoms with Gasteiger partial charge in [0.05, 0.1) is 23.0 Å². The standard InChI is InChI=1S/C28H22N4OS/c1-18-2-8-23-26(14-18)34-25-9-7-22(28(33)31-17-20-10-12-30-13-11-20)15-24(25)32-27(23)21-5-3-19(16-29)4-6-21/h2-13,15,18H,14,17H2,1H3,(H,31,33). The van der Waals surface area contributed by atoms with Crippen LogP contribution in [0.4, 0.5) is 5.69 Å². The number of nitrogens with one attached hydrogen (secondary N) is 1. The Balaban J connectivity index is 1.51. The molecule has 2 heterocycles. The van der Waals surface area contributed by atoms with E-state index in [9.17, 15) is 10.1 Å². The minimum absolute atomic E-state index is 0.143. The van der Waals surface area contributed by atoms with E-state index in [4.69, 9.17) is 4.99 Å². The van der Waals surface area contributed by atoms with E-state index < -0.39 is 0 Å². The van der Waals surface area contributed by atoms with Gasteiger partial charge in [0.2, 0.25) is 0 Å². The number of pyridine rings is 1. The van der Waals surface area contributed by atoms with Crippen LogP contribution in [-0.2, 0) is 6.54 Å². The summed E-state index contributed by atoms with van der Waals surface area (Å²) in [4.78, 5) is 24.2. The van der Waals surface area contributed by atoms with Gasteiger partial charge in [0, 0.05) is 40.5 Å². The van der Waals surface area contributed by atoms with Gasteiger partial charge < -0.3 is 5.32 Å². The van der Waals surface area contributed by atoms with Gasteiger partial charge in [-0.25, -0.2) is 4.99 Å². The average Bonchev–Trinajstić information content (AvgIpc) is 3.03. The number of hydrogen-bond acceptors (Lipinski definition) is 5. The van der Waals surface area contributed by atoms with Crippen molar-refractivity contribution in [3.63, 3.8) is 0 Å². The minimum atomic E-state index is -0.143. The second kappa shape index (κ2) is 9.50. The molecule has 6 heteroatoms. The number of allylic oxidation sites excluding steroid dienone is 4.